The molecule has 3 rings (SSSR count). The van der Waals surface area contributed by atoms with Gasteiger partial charge >= 0.3 is 0 Å². The Labute approximate surface area is 158 Å². The Morgan fingerprint density at radius 2 is 1.88 bits per heavy atom. The van der Waals surface area contributed by atoms with E-state index in [2.05, 4.69) is 15.2 Å². The molecule has 0 spiro atoms. The molecule has 0 unspecified atom stereocenters. The Kier molecular flexibility index (Phi) is 6.73. The summed E-state index contributed by atoms with van der Waals surface area (Å²) in [7, 11) is 0. The third-order valence-electron chi connectivity index (χ3n) is 4.21. The molecule has 1 aliphatic heterocycles. The van der Waals surface area contributed by atoms with Gasteiger partial charge in [-0.3, -0.25) is 4.79 Å². The van der Waals surface area contributed by atoms with Crippen LogP contribution in [0.15, 0.2) is 47.6 Å². The van der Waals surface area contributed by atoms with Crippen LogP contribution in [0.5, 0.6) is 0 Å². The molecule has 0 bridgehead atoms. The van der Waals surface area contributed by atoms with Crippen LogP contribution in [0, 0.1) is 0 Å². The highest BCUT2D eigenvalue weighted by Gasteiger charge is 2.10. The number of anilines is 1. The number of nitrogens with one attached hydrogen (secondary N) is 1. The molecule has 1 saturated heterocycles. The monoisotopic (exact) mass is 375 g/mol. The number of aromatic nitrogens is 1. The molecule has 25 heavy (non-hydrogen) atoms. The van der Waals surface area contributed by atoms with Gasteiger partial charge in [0, 0.05) is 29.2 Å². The SMILES string of the molecule is O=C(Nc1ccc(Cl)cc1)c1ccc(SCCN2CCCCC2)nc1. The Morgan fingerprint density at radius 3 is 2.56 bits per heavy atom. The first-order chi connectivity index (χ1) is 12.2. The maximum atomic E-state index is 12.2. The standard InChI is InChI=1S/C19H22ClN3OS/c20-16-5-7-17(8-6-16)22-19(24)15-4-9-18(21-14-15)25-13-12-23-10-2-1-3-11-23/h4-9,14H,1-3,10-13H2,(H,22,24). The van der Waals surface area contributed by atoms with Gasteiger partial charge in [-0.15, -0.1) is 11.8 Å². The largest absolute Gasteiger partial charge is 0.322 e. The van der Waals surface area contributed by atoms with Gasteiger partial charge in [0.2, 0.25) is 0 Å². The van der Waals surface area contributed by atoms with Crippen LogP contribution in [0.2, 0.25) is 5.02 Å². The summed E-state index contributed by atoms with van der Waals surface area (Å²) in [5, 5.41) is 4.44. The Balaban J connectivity index is 1.47. The first kappa shape index (κ1) is 18.2. The van der Waals surface area contributed by atoms with Gasteiger partial charge in [-0.25, -0.2) is 4.98 Å². The van der Waals surface area contributed by atoms with E-state index in [1.165, 1.54) is 32.4 Å². The van der Waals surface area contributed by atoms with E-state index in [0.29, 0.717) is 10.6 Å². The van der Waals surface area contributed by atoms with E-state index in [4.69, 9.17) is 11.6 Å². The quantitative estimate of drug-likeness (QED) is 0.751. The summed E-state index contributed by atoms with van der Waals surface area (Å²) in [5.41, 5.74) is 1.27. The topological polar surface area (TPSA) is 45.2 Å². The number of hydrogen-bond donors (Lipinski definition) is 1. The number of amides is 1. The first-order valence-electron chi connectivity index (χ1n) is 8.59. The van der Waals surface area contributed by atoms with Crippen LogP contribution >= 0.6 is 23.4 Å². The predicted molar refractivity (Wildman–Crippen MR) is 105 cm³/mol. The van der Waals surface area contributed by atoms with Gasteiger partial charge in [0.1, 0.15) is 0 Å². The summed E-state index contributed by atoms with van der Waals surface area (Å²) >= 11 is 7.59. The highest BCUT2D eigenvalue weighted by atomic mass is 35.5. The van der Waals surface area contributed by atoms with Gasteiger partial charge in [-0.05, 0) is 62.3 Å². The summed E-state index contributed by atoms with van der Waals surface area (Å²) in [6.07, 6.45) is 5.64. The fourth-order valence-corrected chi connectivity index (χ4v) is 3.77. The number of carbonyl (C=O) groups excluding carboxylic acids is 1. The summed E-state index contributed by atoms with van der Waals surface area (Å²) in [5.74, 6) is 0.864. The van der Waals surface area contributed by atoms with Crippen molar-refractivity contribution in [2.45, 2.75) is 24.3 Å². The number of halogens is 1. The van der Waals surface area contributed by atoms with Crippen LogP contribution in [0.25, 0.3) is 0 Å². The van der Waals surface area contributed by atoms with Crippen LogP contribution in [0.1, 0.15) is 29.6 Å². The zero-order valence-electron chi connectivity index (χ0n) is 14.1. The minimum atomic E-state index is -0.167. The molecular weight excluding hydrogens is 354 g/mol. The van der Waals surface area contributed by atoms with Gasteiger partial charge in [0.25, 0.3) is 5.91 Å². The number of piperidine rings is 1. The third kappa shape index (κ3) is 5.73. The zero-order valence-corrected chi connectivity index (χ0v) is 15.7. The molecule has 2 heterocycles. The Morgan fingerprint density at radius 1 is 1.12 bits per heavy atom. The van der Waals surface area contributed by atoms with Crippen molar-refractivity contribution in [3.63, 3.8) is 0 Å². The van der Waals surface area contributed by atoms with E-state index in [0.717, 1.165) is 23.0 Å². The van der Waals surface area contributed by atoms with Gasteiger partial charge < -0.3 is 10.2 Å². The minimum absolute atomic E-state index is 0.167. The second-order valence-electron chi connectivity index (χ2n) is 6.10. The average molecular weight is 376 g/mol. The second kappa shape index (κ2) is 9.22. The van der Waals surface area contributed by atoms with Crippen molar-refractivity contribution in [3.05, 3.63) is 53.2 Å². The van der Waals surface area contributed by atoms with E-state index in [-0.39, 0.29) is 5.91 Å². The average Bonchev–Trinajstić information content (AvgIpc) is 2.65. The molecule has 1 aromatic carbocycles. The molecule has 0 radical (unpaired) electrons. The molecule has 1 aliphatic rings. The fraction of sp³-hybridized carbons (Fsp3) is 0.368. The molecule has 6 heteroatoms. The van der Waals surface area contributed by atoms with Crippen molar-refractivity contribution in [2.24, 2.45) is 0 Å². The lowest BCUT2D eigenvalue weighted by Crippen LogP contribution is -2.31. The highest BCUT2D eigenvalue weighted by Crippen LogP contribution is 2.18. The van der Waals surface area contributed by atoms with Crippen LogP contribution < -0.4 is 5.32 Å². The molecular formula is C19H22ClN3OS. The summed E-state index contributed by atoms with van der Waals surface area (Å²) < 4.78 is 0. The number of pyridine rings is 1. The van der Waals surface area contributed by atoms with Crippen molar-refractivity contribution < 1.29 is 4.79 Å². The molecule has 132 valence electrons. The molecule has 0 atom stereocenters. The van der Waals surface area contributed by atoms with Gasteiger partial charge in [0.05, 0.1) is 10.6 Å². The van der Waals surface area contributed by atoms with Crippen molar-refractivity contribution in [3.8, 4) is 0 Å². The second-order valence-corrected chi connectivity index (χ2v) is 7.65. The first-order valence-corrected chi connectivity index (χ1v) is 9.95. The van der Waals surface area contributed by atoms with Crippen LogP contribution in [-0.4, -0.2) is 41.2 Å². The number of thioether (sulfide) groups is 1. The number of carbonyl (C=O) groups is 1. The van der Waals surface area contributed by atoms with Crippen molar-refractivity contribution in [1.29, 1.82) is 0 Å². The normalized spacial score (nSPS) is 15.1. The molecule has 0 aliphatic carbocycles. The summed E-state index contributed by atoms with van der Waals surface area (Å²) in [6.45, 7) is 3.54. The maximum Gasteiger partial charge on any atom is 0.257 e. The number of hydrogen-bond acceptors (Lipinski definition) is 4. The lowest BCUT2D eigenvalue weighted by molar-refractivity contribution is 0.102. The molecule has 2 aromatic rings. The smallest absolute Gasteiger partial charge is 0.257 e. The molecule has 1 amide bonds. The maximum absolute atomic E-state index is 12.2. The van der Waals surface area contributed by atoms with Crippen molar-refractivity contribution >= 4 is 35.0 Å². The Bertz CT molecular complexity index is 685. The predicted octanol–water partition coefficient (Wildman–Crippen LogP) is 4.57. The van der Waals surface area contributed by atoms with Crippen LogP contribution in [0.3, 0.4) is 0 Å². The number of likely N-dealkylation sites (tertiary alicyclic amines) is 1. The third-order valence-corrected chi connectivity index (χ3v) is 5.38. The molecule has 4 nitrogen and oxygen atoms in total. The summed E-state index contributed by atoms with van der Waals surface area (Å²) in [6, 6.07) is 10.8. The van der Waals surface area contributed by atoms with E-state index in [1.54, 1.807) is 42.2 Å². The number of nitrogens with zero attached hydrogens (tertiary/aromatic N) is 2. The van der Waals surface area contributed by atoms with Gasteiger partial charge in [0.15, 0.2) is 0 Å². The molecule has 1 fully saturated rings. The van der Waals surface area contributed by atoms with Crippen LogP contribution in [0.4, 0.5) is 5.69 Å². The van der Waals surface area contributed by atoms with Gasteiger partial charge in [-0.2, -0.15) is 0 Å². The number of rotatable bonds is 6. The van der Waals surface area contributed by atoms with Gasteiger partial charge in [-0.1, -0.05) is 18.0 Å². The lowest BCUT2D eigenvalue weighted by atomic mass is 10.1. The van der Waals surface area contributed by atoms with E-state index >= 15 is 0 Å². The zero-order chi connectivity index (χ0) is 17.5. The molecule has 0 saturated carbocycles. The van der Waals surface area contributed by atoms with E-state index in [1.807, 2.05) is 12.1 Å². The fourth-order valence-electron chi connectivity index (χ4n) is 2.80. The van der Waals surface area contributed by atoms with E-state index in [9.17, 15) is 4.79 Å². The van der Waals surface area contributed by atoms with Crippen LogP contribution in [-0.2, 0) is 0 Å². The van der Waals surface area contributed by atoms with Crippen molar-refractivity contribution in [1.82, 2.24) is 9.88 Å². The molecule has 1 N–H and O–H groups in total. The minimum Gasteiger partial charge on any atom is -0.322 e. The number of benzene rings is 1. The highest BCUT2D eigenvalue weighted by molar-refractivity contribution is 7.99. The summed E-state index contributed by atoms with van der Waals surface area (Å²) in [4.78, 5) is 19.2. The van der Waals surface area contributed by atoms with E-state index < -0.39 is 0 Å². The Hall–Kier alpha value is -1.56. The molecule has 1 aromatic heterocycles. The lowest BCUT2D eigenvalue weighted by Gasteiger charge is -2.25. The van der Waals surface area contributed by atoms with Crippen molar-refractivity contribution in [2.75, 3.05) is 30.7 Å².